The molecule has 0 aliphatic carbocycles. The van der Waals surface area contributed by atoms with E-state index in [1.807, 2.05) is 6.92 Å². The molecule has 1 fully saturated rings. The fraction of sp³-hybridized carbons (Fsp3) is 0.467. The van der Waals surface area contributed by atoms with E-state index in [9.17, 15) is 14.0 Å². The van der Waals surface area contributed by atoms with E-state index in [0.29, 0.717) is 19.6 Å². The lowest BCUT2D eigenvalue weighted by Crippen LogP contribution is -2.41. The van der Waals surface area contributed by atoms with Gasteiger partial charge < -0.3 is 9.64 Å². The highest BCUT2D eigenvalue weighted by atomic mass is 19.1. The topological polar surface area (TPSA) is 46.6 Å². The Labute approximate surface area is 117 Å². The second-order valence-electron chi connectivity index (χ2n) is 4.83. The van der Waals surface area contributed by atoms with E-state index in [1.165, 1.54) is 23.1 Å². The van der Waals surface area contributed by atoms with Gasteiger partial charge in [0.25, 0.3) is 5.91 Å². The zero-order valence-corrected chi connectivity index (χ0v) is 11.5. The molecule has 20 heavy (non-hydrogen) atoms. The molecule has 0 saturated carbocycles. The van der Waals surface area contributed by atoms with Crippen molar-refractivity contribution in [2.24, 2.45) is 0 Å². The number of likely N-dealkylation sites (tertiary alicyclic amines) is 1. The summed E-state index contributed by atoms with van der Waals surface area (Å²) in [5.74, 6) is -1.14. The molecule has 1 amide bonds. The van der Waals surface area contributed by atoms with E-state index in [1.54, 1.807) is 6.07 Å². The van der Waals surface area contributed by atoms with E-state index in [0.717, 1.165) is 12.8 Å². The maximum Gasteiger partial charge on any atom is 0.328 e. The lowest BCUT2D eigenvalue weighted by atomic mass is 10.1. The first-order valence-electron chi connectivity index (χ1n) is 6.86. The first-order chi connectivity index (χ1) is 9.63. The second kappa shape index (κ2) is 6.50. The maximum absolute atomic E-state index is 13.2. The van der Waals surface area contributed by atoms with Crippen molar-refractivity contribution in [2.45, 2.75) is 32.2 Å². The van der Waals surface area contributed by atoms with Crippen LogP contribution in [0.5, 0.6) is 0 Å². The number of rotatable bonds is 4. The Morgan fingerprint density at radius 1 is 1.45 bits per heavy atom. The summed E-state index contributed by atoms with van der Waals surface area (Å²) in [7, 11) is 0. The van der Waals surface area contributed by atoms with Gasteiger partial charge in [-0.05, 0) is 37.5 Å². The van der Waals surface area contributed by atoms with Gasteiger partial charge in [0.2, 0.25) is 0 Å². The highest BCUT2D eigenvalue weighted by Gasteiger charge is 2.35. The molecule has 108 valence electrons. The minimum atomic E-state index is -0.544. The molecule has 1 heterocycles. The molecule has 4 nitrogen and oxygen atoms in total. The molecule has 0 N–H and O–H groups in total. The third-order valence-electron chi connectivity index (χ3n) is 3.31. The van der Waals surface area contributed by atoms with Gasteiger partial charge in [0.05, 0.1) is 6.61 Å². The van der Waals surface area contributed by atoms with E-state index in [2.05, 4.69) is 0 Å². The van der Waals surface area contributed by atoms with Gasteiger partial charge in [-0.2, -0.15) is 0 Å². The fourth-order valence-electron chi connectivity index (χ4n) is 2.34. The summed E-state index contributed by atoms with van der Waals surface area (Å²) in [6.07, 6.45) is 2.10. The summed E-state index contributed by atoms with van der Waals surface area (Å²) in [6.45, 7) is 2.77. The zero-order valence-electron chi connectivity index (χ0n) is 11.5. The highest BCUT2D eigenvalue weighted by Crippen LogP contribution is 2.21. The van der Waals surface area contributed by atoms with Gasteiger partial charge in [-0.25, -0.2) is 9.18 Å². The fourth-order valence-corrected chi connectivity index (χ4v) is 2.34. The summed E-state index contributed by atoms with van der Waals surface area (Å²) in [4.78, 5) is 25.7. The van der Waals surface area contributed by atoms with Crippen LogP contribution in [0.4, 0.5) is 4.39 Å². The van der Waals surface area contributed by atoms with Crippen molar-refractivity contribution >= 4 is 11.9 Å². The van der Waals surface area contributed by atoms with Crippen LogP contribution in [0.2, 0.25) is 0 Å². The molecule has 2 rings (SSSR count). The lowest BCUT2D eigenvalue weighted by molar-refractivity contribution is -0.148. The van der Waals surface area contributed by atoms with Crippen molar-refractivity contribution < 1.29 is 18.7 Å². The molecule has 0 spiro atoms. The average Bonchev–Trinajstić information content (AvgIpc) is 2.93. The van der Waals surface area contributed by atoms with Crippen molar-refractivity contribution in [1.82, 2.24) is 4.90 Å². The maximum atomic E-state index is 13.2. The molecule has 1 atom stereocenters. The molecule has 1 aliphatic rings. The second-order valence-corrected chi connectivity index (χ2v) is 4.83. The van der Waals surface area contributed by atoms with Gasteiger partial charge >= 0.3 is 5.97 Å². The zero-order chi connectivity index (χ0) is 14.5. The van der Waals surface area contributed by atoms with E-state index < -0.39 is 11.9 Å². The van der Waals surface area contributed by atoms with E-state index in [-0.39, 0.29) is 17.4 Å². The number of halogens is 1. The number of carbonyl (C=O) groups is 2. The number of carbonyl (C=O) groups excluding carboxylic acids is 2. The van der Waals surface area contributed by atoms with Crippen LogP contribution in [-0.4, -0.2) is 36.0 Å². The molecule has 5 heteroatoms. The average molecular weight is 279 g/mol. The van der Waals surface area contributed by atoms with Gasteiger partial charge in [0.1, 0.15) is 11.9 Å². The quantitative estimate of drug-likeness (QED) is 0.795. The van der Waals surface area contributed by atoms with E-state index in [4.69, 9.17) is 4.74 Å². The predicted molar refractivity (Wildman–Crippen MR) is 71.7 cm³/mol. The molecule has 1 aliphatic heterocycles. The van der Waals surface area contributed by atoms with Gasteiger partial charge in [-0.1, -0.05) is 13.0 Å². The van der Waals surface area contributed by atoms with Crippen LogP contribution in [0.1, 0.15) is 36.5 Å². The van der Waals surface area contributed by atoms with E-state index >= 15 is 0 Å². The van der Waals surface area contributed by atoms with Crippen LogP contribution in [0.3, 0.4) is 0 Å². The third-order valence-corrected chi connectivity index (χ3v) is 3.31. The SMILES string of the molecule is CCCOC(=O)C1CCCN1C(=O)c1cccc(F)c1. The van der Waals surface area contributed by atoms with Crippen LogP contribution in [0, 0.1) is 5.82 Å². The van der Waals surface area contributed by atoms with Crippen molar-refractivity contribution in [2.75, 3.05) is 13.2 Å². The Balaban J connectivity index is 2.10. The summed E-state index contributed by atoms with van der Waals surface area (Å²) in [6, 6.07) is 4.97. The number of esters is 1. The number of nitrogens with zero attached hydrogens (tertiary/aromatic N) is 1. The van der Waals surface area contributed by atoms with Crippen LogP contribution in [0.25, 0.3) is 0 Å². The summed E-state index contributed by atoms with van der Waals surface area (Å²) < 4.78 is 18.3. The monoisotopic (exact) mass is 279 g/mol. The van der Waals surface area contributed by atoms with Crippen LogP contribution < -0.4 is 0 Å². The van der Waals surface area contributed by atoms with Crippen molar-refractivity contribution in [1.29, 1.82) is 0 Å². The minimum Gasteiger partial charge on any atom is -0.464 e. The highest BCUT2D eigenvalue weighted by molar-refractivity contribution is 5.97. The first kappa shape index (κ1) is 14.5. The van der Waals surface area contributed by atoms with Crippen molar-refractivity contribution in [3.05, 3.63) is 35.6 Å². The Morgan fingerprint density at radius 2 is 2.25 bits per heavy atom. The van der Waals surface area contributed by atoms with Gasteiger partial charge in [0, 0.05) is 12.1 Å². The molecule has 0 radical (unpaired) electrons. The number of ether oxygens (including phenoxy) is 1. The Morgan fingerprint density at radius 3 is 2.95 bits per heavy atom. The molecular weight excluding hydrogens is 261 g/mol. The molecule has 1 aromatic rings. The van der Waals surface area contributed by atoms with Crippen LogP contribution >= 0.6 is 0 Å². The molecule has 1 aromatic carbocycles. The van der Waals surface area contributed by atoms with Gasteiger partial charge in [-0.3, -0.25) is 4.79 Å². The van der Waals surface area contributed by atoms with Crippen molar-refractivity contribution in [3.8, 4) is 0 Å². The summed E-state index contributed by atoms with van der Waals surface area (Å²) in [5, 5.41) is 0. The lowest BCUT2D eigenvalue weighted by Gasteiger charge is -2.23. The smallest absolute Gasteiger partial charge is 0.328 e. The van der Waals surface area contributed by atoms with Crippen LogP contribution in [-0.2, 0) is 9.53 Å². The van der Waals surface area contributed by atoms with Gasteiger partial charge in [-0.15, -0.1) is 0 Å². The van der Waals surface area contributed by atoms with Crippen molar-refractivity contribution in [3.63, 3.8) is 0 Å². The Hall–Kier alpha value is -1.91. The summed E-state index contributed by atoms with van der Waals surface area (Å²) >= 11 is 0. The predicted octanol–water partition coefficient (Wildman–Crippen LogP) is 2.38. The van der Waals surface area contributed by atoms with Crippen LogP contribution in [0.15, 0.2) is 24.3 Å². The number of amides is 1. The first-order valence-corrected chi connectivity index (χ1v) is 6.86. The summed E-state index contributed by atoms with van der Waals surface area (Å²) in [5.41, 5.74) is 0.264. The molecule has 0 bridgehead atoms. The number of hydrogen-bond donors (Lipinski definition) is 0. The third kappa shape index (κ3) is 3.15. The number of hydrogen-bond acceptors (Lipinski definition) is 3. The normalized spacial score (nSPS) is 18.1. The standard InChI is InChI=1S/C15H18FNO3/c1-2-9-20-15(19)13-7-4-8-17(13)14(18)11-5-3-6-12(16)10-11/h3,5-6,10,13H,2,4,7-9H2,1H3. The number of benzene rings is 1. The Bertz CT molecular complexity index is 504. The molecular formula is C15H18FNO3. The molecule has 1 saturated heterocycles. The molecule has 0 aromatic heterocycles. The molecule has 1 unspecified atom stereocenters. The largest absolute Gasteiger partial charge is 0.464 e. The van der Waals surface area contributed by atoms with Gasteiger partial charge in [0.15, 0.2) is 0 Å². The minimum absolute atomic E-state index is 0.264. The Kier molecular flexibility index (Phi) is 4.71.